The molecular formula is C21H14ClF2N3O3S. The average Bonchev–Trinajstić information content (AvgIpc) is 3.08. The Morgan fingerprint density at radius 3 is 2.68 bits per heavy atom. The quantitative estimate of drug-likeness (QED) is 0.462. The number of para-hydroxylation sites is 3. The molecule has 0 fully saturated rings. The van der Waals surface area contributed by atoms with E-state index in [1.165, 1.54) is 18.0 Å². The first-order valence-corrected chi connectivity index (χ1v) is 10.4. The van der Waals surface area contributed by atoms with Crippen molar-refractivity contribution in [1.29, 1.82) is 0 Å². The van der Waals surface area contributed by atoms with Gasteiger partial charge in [0.05, 0.1) is 22.2 Å². The lowest BCUT2D eigenvalue weighted by molar-refractivity contribution is -0.286. The van der Waals surface area contributed by atoms with E-state index >= 15 is 0 Å². The molecule has 2 heterocycles. The zero-order valence-electron chi connectivity index (χ0n) is 15.7. The zero-order chi connectivity index (χ0) is 21.4. The maximum absolute atomic E-state index is 13.4. The van der Waals surface area contributed by atoms with Gasteiger partial charge in [-0.2, -0.15) is 0 Å². The summed E-state index contributed by atoms with van der Waals surface area (Å²) in [5, 5.41) is 3.68. The molecule has 10 heteroatoms. The van der Waals surface area contributed by atoms with Crippen LogP contribution >= 0.6 is 23.5 Å². The molecule has 0 aromatic heterocycles. The van der Waals surface area contributed by atoms with Gasteiger partial charge in [0, 0.05) is 5.56 Å². The van der Waals surface area contributed by atoms with E-state index in [1.54, 1.807) is 24.3 Å². The van der Waals surface area contributed by atoms with Crippen molar-refractivity contribution in [1.82, 2.24) is 4.72 Å². The number of fused-ring (bicyclic) bond motifs is 2. The minimum atomic E-state index is -3.67. The molecule has 3 aromatic carbocycles. The van der Waals surface area contributed by atoms with Crippen molar-refractivity contribution in [3.8, 4) is 23.0 Å². The van der Waals surface area contributed by atoms with Crippen LogP contribution in [0.3, 0.4) is 0 Å². The number of aliphatic imine (C=N–C) groups is 1. The lowest BCUT2D eigenvalue weighted by atomic mass is 10.2. The summed E-state index contributed by atoms with van der Waals surface area (Å²) in [6.07, 6.45) is -3.67. The maximum atomic E-state index is 13.4. The molecule has 158 valence electrons. The first-order chi connectivity index (χ1) is 15.0. The van der Waals surface area contributed by atoms with Crippen molar-refractivity contribution >= 4 is 35.2 Å². The summed E-state index contributed by atoms with van der Waals surface area (Å²) < 4.78 is 45.0. The summed E-state index contributed by atoms with van der Waals surface area (Å²) in [4.78, 5) is 5.36. The van der Waals surface area contributed by atoms with Gasteiger partial charge in [-0.1, -0.05) is 41.9 Å². The summed E-state index contributed by atoms with van der Waals surface area (Å²) in [5.41, 5.74) is 1.19. The number of halogens is 3. The van der Waals surface area contributed by atoms with Gasteiger partial charge in [0.25, 0.3) is 0 Å². The fourth-order valence-electron chi connectivity index (χ4n) is 3.08. The van der Waals surface area contributed by atoms with Crippen molar-refractivity contribution in [2.75, 3.05) is 5.32 Å². The van der Waals surface area contributed by atoms with Crippen LogP contribution in [0, 0.1) is 0 Å². The molecule has 0 radical (unpaired) electrons. The SMILES string of the molecule is FC1(F)Oc2cccc(CN=C3NSc4cccc(Oc5ccccc5Cl)c4N3)c2O1. The first-order valence-electron chi connectivity index (χ1n) is 9.16. The van der Waals surface area contributed by atoms with E-state index in [2.05, 4.69) is 24.5 Å². The number of hydrogen-bond donors (Lipinski definition) is 2. The summed E-state index contributed by atoms with van der Waals surface area (Å²) in [7, 11) is 0. The lowest BCUT2D eigenvalue weighted by Crippen LogP contribution is -2.29. The van der Waals surface area contributed by atoms with E-state index in [-0.39, 0.29) is 18.0 Å². The number of nitrogens with zero attached hydrogens (tertiary/aromatic N) is 1. The van der Waals surface area contributed by atoms with E-state index in [0.717, 1.165) is 4.90 Å². The van der Waals surface area contributed by atoms with E-state index in [4.69, 9.17) is 16.3 Å². The number of anilines is 1. The van der Waals surface area contributed by atoms with Gasteiger partial charge in [0.15, 0.2) is 17.2 Å². The number of benzene rings is 3. The number of hydrogen-bond acceptors (Lipinski definition) is 5. The average molecular weight is 462 g/mol. The molecule has 3 aromatic rings. The number of alkyl halides is 2. The van der Waals surface area contributed by atoms with E-state index in [1.807, 2.05) is 30.3 Å². The fraction of sp³-hybridized carbons (Fsp3) is 0.0952. The molecule has 31 heavy (non-hydrogen) atoms. The molecule has 0 spiro atoms. The summed E-state index contributed by atoms with van der Waals surface area (Å²) in [5.74, 6) is 1.52. The highest BCUT2D eigenvalue weighted by molar-refractivity contribution is 7.98. The molecule has 5 rings (SSSR count). The number of nitrogens with one attached hydrogen (secondary N) is 2. The van der Waals surface area contributed by atoms with Gasteiger partial charge in [-0.15, -0.1) is 8.78 Å². The standard InChI is InChI=1S/C21H14ClF2N3O3S/c22-13-6-1-2-7-14(13)28-15-8-4-10-17-18(15)26-20(27-31-17)25-11-12-5-3-9-16-19(12)30-21(23,24)29-16/h1-10H,11H2,(H2,25,26,27). The van der Waals surface area contributed by atoms with Crippen LogP contribution in [0.15, 0.2) is 70.6 Å². The molecule has 0 bridgehead atoms. The third-order valence-electron chi connectivity index (χ3n) is 4.46. The molecule has 2 aliphatic heterocycles. The van der Waals surface area contributed by atoms with Crippen LogP contribution in [-0.4, -0.2) is 12.3 Å². The molecular weight excluding hydrogens is 448 g/mol. The lowest BCUT2D eigenvalue weighted by Gasteiger charge is -2.23. The van der Waals surface area contributed by atoms with Crippen LogP contribution in [0.4, 0.5) is 14.5 Å². The highest BCUT2D eigenvalue weighted by atomic mass is 35.5. The summed E-state index contributed by atoms with van der Waals surface area (Å²) >= 11 is 7.56. The minimum Gasteiger partial charge on any atom is -0.454 e. The number of rotatable bonds is 4. The largest absolute Gasteiger partial charge is 0.586 e. The van der Waals surface area contributed by atoms with Crippen LogP contribution in [0.25, 0.3) is 0 Å². The molecule has 2 N–H and O–H groups in total. The molecule has 0 aliphatic carbocycles. The second kappa shape index (κ2) is 7.82. The third-order valence-corrected chi connectivity index (χ3v) is 5.63. The summed E-state index contributed by atoms with van der Waals surface area (Å²) in [6.45, 7) is 0.0986. The highest BCUT2D eigenvalue weighted by Gasteiger charge is 2.44. The third kappa shape index (κ3) is 4.06. The van der Waals surface area contributed by atoms with Gasteiger partial charge >= 0.3 is 6.29 Å². The Bertz CT molecular complexity index is 1190. The Morgan fingerprint density at radius 1 is 1.00 bits per heavy atom. The van der Waals surface area contributed by atoms with Gasteiger partial charge in [-0.05, 0) is 42.3 Å². The zero-order valence-corrected chi connectivity index (χ0v) is 17.3. The molecule has 0 saturated heterocycles. The van der Waals surface area contributed by atoms with E-state index in [0.29, 0.717) is 33.7 Å². The molecule has 2 aliphatic rings. The monoisotopic (exact) mass is 461 g/mol. The first kappa shape index (κ1) is 19.8. The van der Waals surface area contributed by atoms with Crippen molar-refractivity contribution in [3.05, 3.63) is 71.2 Å². The van der Waals surface area contributed by atoms with Gasteiger partial charge in [-0.25, -0.2) is 4.99 Å². The van der Waals surface area contributed by atoms with Crippen molar-refractivity contribution in [2.24, 2.45) is 4.99 Å². The van der Waals surface area contributed by atoms with Crippen molar-refractivity contribution in [3.63, 3.8) is 0 Å². The Morgan fingerprint density at radius 2 is 1.81 bits per heavy atom. The van der Waals surface area contributed by atoms with Gasteiger partial charge in [-0.3, -0.25) is 4.72 Å². The molecule has 0 saturated carbocycles. The van der Waals surface area contributed by atoms with Gasteiger partial charge in [0.1, 0.15) is 5.75 Å². The minimum absolute atomic E-state index is 0.0107. The molecule has 0 amide bonds. The van der Waals surface area contributed by atoms with Crippen LogP contribution in [-0.2, 0) is 6.54 Å². The molecule has 6 nitrogen and oxygen atoms in total. The van der Waals surface area contributed by atoms with Crippen LogP contribution in [0.2, 0.25) is 5.02 Å². The number of ether oxygens (including phenoxy) is 3. The molecule has 0 unspecified atom stereocenters. The predicted octanol–water partition coefficient (Wildman–Crippen LogP) is 6.03. The summed E-state index contributed by atoms with van der Waals surface area (Å²) in [6, 6.07) is 17.5. The van der Waals surface area contributed by atoms with Crippen LogP contribution in [0.5, 0.6) is 23.0 Å². The molecule has 0 atom stereocenters. The normalized spacial score (nSPS) is 16.9. The second-order valence-electron chi connectivity index (χ2n) is 6.57. The Balaban J connectivity index is 1.38. The Hall–Kier alpha value is -3.17. The van der Waals surface area contributed by atoms with Crippen LogP contribution in [0.1, 0.15) is 5.56 Å². The smallest absolute Gasteiger partial charge is 0.454 e. The van der Waals surface area contributed by atoms with E-state index < -0.39 is 6.29 Å². The highest BCUT2D eigenvalue weighted by Crippen LogP contribution is 2.44. The second-order valence-corrected chi connectivity index (χ2v) is 7.82. The van der Waals surface area contributed by atoms with Gasteiger partial charge < -0.3 is 19.5 Å². The topological polar surface area (TPSA) is 64.1 Å². The predicted molar refractivity (Wildman–Crippen MR) is 114 cm³/mol. The van der Waals surface area contributed by atoms with Crippen LogP contribution < -0.4 is 24.2 Å². The van der Waals surface area contributed by atoms with E-state index in [9.17, 15) is 8.78 Å². The van der Waals surface area contributed by atoms with Crippen molar-refractivity contribution < 1.29 is 23.0 Å². The maximum Gasteiger partial charge on any atom is 0.586 e. The number of guanidine groups is 1. The van der Waals surface area contributed by atoms with Gasteiger partial charge in [0.2, 0.25) is 5.96 Å². The Kier molecular flexibility index (Phi) is 4.99. The Labute approximate surface area is 185 Å². The van der Waals surface area contributed by atoms with Crippen molar-refractivity contribution in [2.45, 2.75) is 17.7 Å². The fourth-order valence-corrected chi connectivity index (χ4v) is 3.98.